The number of aliphatic hydroxyl groups is 1. The molecule has 31 heavy (non-hydrogen) atoms. The predicted octanol–water partition coefficient (Wildman–Crippen LogP) is 4.73. The summed E-state index contributed by atoms with van der Waals surface area (Å²) in [6.45, 7) is 2.32. The molecule has 2 aliphatic rings. The second-order valence-corrected chi connectivity index (χ2v) is 7.46. The van der Waals surface area contributed by atoms with E-state index in [0.29, 0.717) is 23.8 Å². The van der Waals surface area contributed by atoms with Gasteiger partial charge in [0.1, 0.15) is 0 Å². The van der Waals surface area contributed by atoms with Crippen LogP contribution in [0.15, 0.2) is 60.9 Å². The van der Waals surface area contributed by atoms with Crippen LogP contribution in [-0.4, -0.2) is 42.1 Å². The van der Waals surface area contributed by atoms with Crippen molar-refractivity contribution in [1.82, 2.24) is 9.55 Å². The average molecular weight is 418 g/mol. The topological polar surface area (TPSA) is 65.7 Å². The molecule has 1 atom stereocenters. The Labute approximate surface area is 182 Å². The number of fused-ring (bicyclic) bond motifs is 1. The van der Waals surface area contributed by atoms with E-state index in [-0.39, 0.29) is 0 Å². The van der Waals surface area contributed by atoms with Gasteiger partial charge < -0.3 is 23.9 Å². The lowest BCUT2D eigenvalue weighted by molar-refractivity contribution is 0.173. The number of hydrogen-bond donors (Lipinski definition) is 1. The summed E-state index contributed by atoms with van der Waals surface area (Å²) in [7, 11) is 4.82. The number of aliphatic hydroxyl groups excluding tert-OH is 1. The minimum Gasteiger partial charge on any atom is -0.493 e. The van der Waals surface area contributed by atoms with Gasteiger partial charge in [0.2, 0.25) is 5.75 Å². The molecule has 2 aromatic rings. The lowest BCUT2D eigenvalue weighted by Gasteiger charge is -2.14. The van der Waals surface area contributed by atoms with Gasteiger partial charge in [-0.3, -0.25) is 0 Å². The van der Waals surface area contributed by atoms with E-state index in [1.807, 2.05) is 35.2 Å². The van der Waals surface area contributed by atoms with E-state index in [9.17, 15) is 5.11 Å². The van der Waals surface area contributed by atoms with Gasteiger partial charge in [-0.25, -0.2) is 4.98 Å². The molecule has 2 heterocycles. The third-order valence-electron chi connectivity index (χ3n) is 5.22. The maximum Gasteiger partial charge on any atom is 0.203 e. The van der Waals surface area contributed by atoms with E-state index in [2.05, 4.69) is 30.3 Å². The van der Waals surface area contributed by atoms with Crippen molar-refractivity contribution in [2.75, 3.05) is 21.3 Å². The number of nitrogens with zero attached hydrogens (tertiary/aromatic N) is 2. The molecule has 0 radical (unpaired) electrons. The average Bonchev–Trinajstić information content (AvgIpc) is 3.21. The summed E-state index contributed by atoms with van der Waals surface area (Å²) in [5.41, 5.74) is 5.95. The highest BCUT2D eigenvalue weighted by Crippen LogP contribution is 2.41. The Morgan fingerprint density at radius 1 is 0.806 bits per heavy atom. The number of rotatable bonds is 7. The molecule has 0 bridgehead atoms. The number of hydrogen-bond acceptors (Lipinski definition) is 5. The maximum absolute atomic E-state index is 9.61. The molecule has 0 aromatic heterocycles. The van der Waals surface area contributed by atoms with Crippen LogP contribution in [0.5, 0.6) is 17.2 Å². The second-order valence-electron chi connectivity index (χ2n) is 7.46. The third kappa shape index (κ3) is 4.20. The van der Waals surface area contributed by atoms with Crippen LogP contribution in [-0.2, 0) is 6.54 Å². The van der Waals surface area contributed by atoms with Crippen molar-refractivity contribution < 1.29 is 19.3 Å². The molecule has 0 fully saturated rings. The first-order valence-electron chi connectivity index (χ1n) is 10.1. The maximum atomic E-state index is 9.61. The van der Waals surface area contributed by atoms with Crippen molar-refractivity contribution in [3.05, 3.63) is 60.9 Å². The molecule has 0 saturated carbocycles. The van der Waals surface area contributed by atoms with Crippen molar-refractivity contribution in [1.29, 1.82) is 0 Å². The molecular weight excluding hydrogens is 392 g/mol. The normalized spacial score (nSPS) is 12.0. The van der Waals surface area contributed by atoms with Crippen LogP contribution in [0.25, 0.3) is 33.6 Å². The van der Waals surface area contributed by atoms with Gasteiger partial charge in [0.25, 0.3) is 0 Å². The fraction of sp³-hybridized carbons (Fsp3) is 0.240. The molecular formula is C25H26N2O4. The van der Waals surface area contributed by atoms with E-state index in [1.165, 1.54) is 0 Å². The van der Waals surface area contributed by atoms with E-state index in [1.54, 1.807) is 28.3 Å². The minimum absolute atomic E-state index is 0.403. The highest BCUT2D eigenvalue weighted by molar-refractivity contribution is 5.76. The second kappa shape index (κ2) is 8.70. The van der Waals surface area contributed by atoms with Gasteiger partial charge in [0, 0.05) is 30.1 Å². The van der Waals surface area contributed by atoms with Crippen LogP contribution in [0.1, 0.15) is 6.92 Å². The molecule has 6 nitrogen and oxygen atoms in total. The largest absolute Gasteiger partial charge is 0.493 e. The third-order valence-corrected chi connectivity index (χ3v) is 5.22. The Morgan fingerprint density at radius 3 is 2.03 bits per heavy atom. The van der Waals surface area contributed by atoms with Crippen LogP contribution in [0.3, 0.4) is 0 Å². The zero-order valence-electron chi connectivity index (χ0n) is 18.1. The molecule has 4 rings (SSSR count). The molecule has 2 aliphatic heterocycles. The summed E-state index contributed by atoms with van der Waals surface area (Å²) < 4.78 is 18.3. The Hall–Kier alpha value is -3.51. The first-order chi connectivity index (χ1) is 15.0. The molecule has 1 N–H and O–H groups in total. The van der Waals surface area contributed by atoms with Gasteiger partial charge in [-0.15, -0.1) is 0 Å². The van der Waals surface area contributed by atoms with E-state index in [0.717, 1.165) is 33.6 Å². The monoisotopic (exact) mass is 418 g/mol. The smallest absolute Gasteiger partial charge is 0.203 e. The van der Waals surface area contributed by atoms with Gasteiger partial charge >= 0.3 is 0 Å². The highest BCUT2D eigenvalue weighted by Gasteiger charge is 2.15. The van der Waals surface area contributed by atoms with Crippen molar-refractivity contribution in [2.24, 2.45) is 0 Å². The molecule has 0 spiro atoms. The molecule has 0 aliphatic carbocycles. The van der Waals surface area contributed by atoms with Crippen LogP contribution in [0, 0.1) is 0 Å². The fourth-order valence-corrected chi connectivity index (χ4v) is 3.71. The lowest BCUT2D eigenvalue weighted by Crippen LogP contribution is -2.11. The van der Waals surface area contributed by atoms with Crippen molar-refractivity contribution in [3.63, 3.8) is 0 Å². The molecule has 6 heteroatoms. The fourth-order valence-electron chi connectivity index (χ4n) is 3.71. The standard InChI is InChI=1S/C25H26N2O4/c1-16(28)14-27-10-9-19-11-21(26-22(19)15-27)18-7-5-17(6-8-18)20-12-23(29-2)25(31-4)24(13-20)30-3/h5-13,15-16,28H,14H2,1-4H3/t16-/m0/s1. The summed E-state index contributed by atoms with van der Waals surface area (Å²) >= 11 is 0. The number of ether oxygens (including phenoxy) is 3. The Bertz CT molecular complexity index is 1120. The zero-order valence-corrected chi connectivity index (χ0v) is 18.1. The van der Waals surface area contributed by atoms with E-state index < -0.39 is 6.10 Å². The van der Waals surface area contributed by atoms with Gasteiger partial charge in [-0.1, -0.05) is 24.3 Å². The number of pyridine rings is 1. The SMILES string of the molecule is COc1cc(-c2ccc(-c3cc4ccn(C[C@H](C)O)cc-4n3)cc2)cc(OC)c1OC. The van der Waals surface area contributed by atoms with Crippen LogP contribution < -0.4 is 14.2 Å². The Balaban J connectivity index is 1.65. The van der Waals surface area contributed by atoms with Crippen molar-refractivity contribution in [2.45, 2.75) is 19.6 Å². The van der Waals surface area contributed by atoms with Crippen molar-refractivity contribution in [3.8, 4) is 50.9 Å². The summed E-state index contributed by atoms with van der Waals surface area (Å²) in [6.07, 6.45) is 3.53. The van der Waals surface area contributed by atoms with Crippen LogP contribution in [0.4, 0.5) is 0 Å². The Morgan fingerprint density at radius 2 is 1.45 bits per heavy atom. The highest BCUT2D eigenvalue weighted by atomic mass is 16.5. The van der Waals surface area contributed by atoms with Gasteiger partial charge in [0.05, 0.1) is 38.8 Å². The summed E-state index contributed by atoms with van der Waals surface area (Å²) in [6, 6.07) is 16.2. The molecule has 0 saturated heterocycles. The summed E-state index contributed by atoms with van der Waals surface area (Å²) in [5.74, 6) is 1.82. The Kier molecular flexibility index (Phi) is 5.82. The lowest BCUT2D eigenvalue weighted by atomic mass is 10.0. The predicted molar refractivity (Wildman–Crippen MR) is 121 cm³/mol. The number of methoxy groups -OCH3 is 3. The van der Waals surface area contributed by atoms with Gasteiger partial charge in [0.15, 0.2) is 11.5 Å². The van der Waals surface area contributed by atoms with Crippen LogP contribution in [0.2, 0.25) is 0 Å². The van der Waals surface area contributed by atoms with Crippen LogP contribution >= 0.6 is 0 Å². The molecule has 2 aromatic carbocycles. The molecule has 0 amide bonds. The van der Waals surface area contributed by atoms with E-state index >= 15 is 0 Å². The first kappa shape index (κ1) is 20.8. The van der Waals surface area contributed by atoms with Crippen molar-refractivity contribution >= 4 is 0 Å². The number of benzene rings is 2. The van der Waals surface area contributed by atoms with Gasteiger partial charge in [-0.05, 0) is 42.3 Å². The zero-order chi connectivity index (χ0) is 22.0. The van der Waals surface area contributed by atoms with E-state index in [4.69, 9.17) is 19.2 Å². The summed E-state index contributed by atoms with van der Waals surface area (Å²) in [4.78, 5) is 4.77. The molecule has 160 valence electrons. The minimum atomic E-state index is -0.403. The quantitative estimate of drug-likeness (QED) is 0.470. The van der Waals surface area contributed by atoms with Gasteiger partial charge in [-0.2, -0.15) is 0 Å². The first-order valence-corrected chi connectivity index (χ1v) is 10.1. The summed E-state index contributed by atoms with van der Waals surface area (Å²) in [5, 5.41) is 9.61. The molecule has 0 unspecified atom stereocenters. The number of aromatic nitrogens is 2.